The fraction of sp³-hybridized carbons (Fsp3) is 0.333. The first kappa shape index (κ1) is 15.7. The predicted octanol–water partition coefficient (Wildman–Crippen LogP) is 3.39. The monoisotopic (exact) mass is 328 g/mol. The summed E-state index contributed by atoms with van der Waals surface area (Å²) in [6, 6.07) is 7.88. The molecule has 3 rings (SSSR count). The molecule has 1 aliphatic carbocycles. The minimum absolute atomic E-state index is 0.0606. The molecule has 1 aromatic carbocycles. The van der Waals surface area contributed by atoms with E-state index in [0.717, 1.165) is 18.5 Å². The summed E-state index contributed by atoms with van der Waals surface area (Å²) in [5.41, 5.74) is 4.19. The molecule has 1 heterocycles. The van der Waals surface area contributed by atoms with E-state index in [1.165, 1.54) is 35.3 Å². The van der Waals surface area contributed by atoms with Crippen LogP contribution in [-0.2, 0) is 17.6 Å². The Morgan fingerprint density at radius 3 is 2.83 bits per heavy atom. The van der Waals surface area contributed by atoms with Crippen LogP contribution in [0.4, 0.5) is 5.69 Å². The van der Waals surface area contributed by atoms with E-state index in [4.69, 9.17) is 0 Å². The third-order valence-electron chi connectivity index (χ3n) is 4.09. The lowest BCUT2D eigenvalue weighted by atomic mass is 9.90. The fourth-order valence-corrected chi connectivity index (χ4v) is 3.53. The third kappa shape index (κ3) is 3.99. The van der Waals surface area contributed by atoms with Crippen molar-refractivity contribution in [2.75, 3.05) is 11.9 Å². The number of aryl methyl sites for hydroxylation is 1. The highest BCUT2D eigenvalue weighted by atomic mass is 32.1. The number of amides is 2. The molecular weight excluding hydrogens is 308 g/mol. The minimum Gasteiger partial charge on any atom is -0.351 e. The number of hydrogen-bond acceptors (Lipinski definition) is 3. The number of fused-ring (bicyclic) bond motifs is 1. The molecule has 2 N–H and O–H groups in total. The maximum atomic E-state index is 12.1. The van der Waals surface area contributed by atoms with E-state index in [-0.39, 0.29) is 18.2 Å². The molecule has 0 aliphatic heterocycles. The molecular formula is C18H20N2O2S. The number of benzene rings is 1. The Morgan fingerprint density at radius 2 is 2.00 bits per heavy atom. The Labute approximate surface area is 139 Å². The fourth-order valence-electron chi connectivity index (χ4n) is 2.90. The highest BCUT2D eigenvalue weighted by Crippen LogP contribution is 2.27. The van der Waals surface area contributed by atoms with E-state index >= 15 is 0 Å². The smallest absolute Gasteiger partial charge is 0.252 e. The van der Waals surface area contributed by atoms with Gasteiger partial charge in [-0.15, -0.1) is 0 Å². The Morgan fingerprint density at radius 1 is 1.13 bits per heavy atom. The summed E-state index contributed by atoms with van der Waals surface area (Å²) in [7, 11) is 0. The van der Waals surface area contributed by atoms with E-state index < -0.39 is 0 Å². The zero-order valence-electron chi connectivity index (χ0n) is 12.9. The quantitative estimate of drug-likeness (QED) is 0.884. The zero-order valence-corrected chi connectivity index (χ0v) is 13.7. The van der Waals surface area contributed by atoms with Crippen LogP contribution in [0.2, 0.25) is 0 Å². The molecule has 4 nitrogen and oxygen atoms in total. The van der Waals surface area contributed by atoms with Gasteiger partial charge >= 0.3 is 0 Å². The molecule has 2 aromatic rings. The maximum Gasteiger partial charge on any atom is 0.252 e. The number of carbonyl (C=O) groups is 2. The molecule has 0 atom stereocenters. The van der Waals surface area contributed by atoms with Gasteiger partial charge in [-0.05, 0) is 54.3 Å². The van der Waals surface area contributed by atoms with Gasteiger partial charge in [0.25, 0.3) is 5.91 Å². The molecule has 0 saturated heterocycles. The van der Waals surface area contributed by atoms with Gasteiger partial charge in [-0.1, -0.05) is 12.1 Å². The second-order valence-corrected chi connectivity index (χ2v) is 6.50. The predicted molar refractivity (Wildman–Crippen MR) is 93.0 cm³/mol. The summed E-state index contributed by atoms with van der Waals surface area (Å²) in [6.07, 6.45) is 4.80. The van der Waals surface area contributed by atoms with Crippen molar-refractivity contribution < 1.29 is 9.59 Å². The van der Waals surface area contributed by atoms with Gasteiger partial charge in [0.15, 0.2) is 0 Å². The lowest BCUT2D eigenvalue weighted by Gasteiger charge is -2.19. The van der Waals surface area contributed by atoms with Crippen LogP contribution in [0, 0.1) is 0 Å². The van der Waals surface area contributed by atoms with Crippen LogP contribution in [0.15, 0.2) is 35.0 Å². The molecule has 0 fully saturated rings. The zero-order chi connectivity index (χ0) is 16.1. The maximum absolute atomic E-state index is 12.1. The SMILES string of the molecule is O=C(CCNC(=O)c1ccsc1)Nc1cccc2c1CCCC2. The van der Waals surface area contributed by atoms with Crippen LogP contribution < -0.4 is 10.6 Å². The number of anilines is 1. The molecule has 0 saturated carbocycles. The van der Waals surface area contributed by atoms with E-state index in [1.807, 2.05) is 17.5 Å². The molecule has 1 aromatic heterocycles. The molecule has 2 amide bonds. The van der Waals surface area contributed by atoms with Crippen molar-refractivity contribution >= 4 is 28.8 Å². The third-order valence-corrected chi connectivity index (χ3v) is 4.77. The van der Waals surface area contributed by atoms with E-state index in [2.05, 4.69) is 16.7 Å². The summed E-state index contributed by atoms with van der Waals surface area (Å²) in [5, 5.41) is 9.42. The Hall–Kier alpha value is -2.14. The normalized spacial score (nSPS) is 13.2. The molecule has 0 spiro atoms. The summed E-state index contributed by atoms with van der Waals surface area (Å²) in [4.78, 5) is 23.9. The van der Waals surface area contributed by atoms with Gasteiger partial charge in [0.2, 0.25) is 5.91 Å². The van der Waals surface area contributed by atoms with Gasteiger partial charge in [-0.3, -0.25) is 9.59 Å². The number of thiophene rings is 1. The first-order valence-electron chi connectivity index (χ1n) is 7.95. The molecule has 0 unspecified atom stereocenters. The number of carbonyl (C=O) groups excluding carboxylic acids is 2. The van der Waals surface area contributed by atoms with Crippen LogP contribution in [0.1, 0.15) is 40.7 Å². The average molecular weight is 328 g/mol. The van der Waals surface area contributed by atoms with Gasteiger partial charge in [0.1, 0.15) is 0 Å². The molecule has 23 heavy (non-hydrogen) atoms. The largest absolute Gasteiger partial charge is 0.351 e. The highest BCUT2D eigenvalue weighted by molar-refractivity contribution is 7.08. The summed E-state index contributed by atoms with van der Waals surface area (Å²) >= 11 is 1.48. The van der Waals surface area contributed by atoms with E-state index in [9.17, 15) is 9.59 Å². The minimum atomic E-state index is -0.129. The Bertz CT molecular complexity index is 695. The van der Waals surface area contributed by atoms with Crippen LogP contribution in [-0.4, -0.2) is 18.4 Å². The van der Waals surface area contributed by atoms with Crippen LogP contribution in [0.5, 0.6) is 0 Å². The number of hydrogen-bond donors (Lipinski definition) is 2. The van der Waals surface area contributed by atoms with Crippen molar-refractivity contribution in [1.29, 1.82) is 0 Å². The van der Waals surface area contributed by atoms with Crippen molar-refractivity contribution in [2.45, 2.75) is 32.1 Å². The topological polar surface area (TPSA) is 58.2 Å². The Balaban J connectivity index is 1.51. The number of rotatable bonds is 5. The molecule has 5 heteroatoms. The molecule has 0 radical (unpaired) electrons. The first-order valence-corrected chi connectivity index (χ1v) is 8.89. The summed E-state index contributed by atoms with van der Waals surface area (Å²) in [6.45, 7) is 0.343. The number of nitrogens with one attached hydrogen (secondary N) is 2. The van der Waals surface area contributed by atoms with Gasteiger partial charge in [-0.2, -0.15) is 11.3 Å². The Kier molecular flexibility index (Phi) is 5.08. The second-order valence-electron chi connectivity index (χ2n) is 5.72. The molecule has 120 valence electrons. The van der Waals surface area contributed by atoms with Crippen molar-refractivity contribution in [3.05, 3.63) is 51.7 Å². The lowest BCUT2D eigenvalue weighted by Crippen LogP contribution is -2.27. The second kappa shape index (κ2) is 7.42. The van der Waals surface area contributed by atoms with E-state index in [0.29, 0.717) is 12.1 Å². The van der Waals surface area contributed by atoms with Gasteiger partial charge < -0.3 is 10.6 Å². The van der Waals surface area contributed by atoms with E-state index in [1.54, 1.807) is 11.4 Å². The van der Waals surface area contributed by atoms with Crippen molar-refractivity contribution in [3.8, 4) is 0 Å². The van der Waals surface area contributed by atoms with Crippen LogP contribution in [0.25, 0.3) is 0 Å². The van der Waals surface area contributed by atoms with Crippen LogP contribution >= 0.6 is 11.3 Å². The molecule has 1 aliphatic rings. The van der Waals surface area contributed by atoms with Gasteiger partial charge in [0, 0.05) is 29.6 Å². The summed E-state index contributed by atoms with van der Waals surface area (Å²) < 4.78 is 0. The highest BCUT2D eigenvalue weighted by Gasteiger charge is 2.14. The first-order chi connectivity index (χ1) is 11.2. The average Bonchev–Trinajstić information content (AvgIpc) is 3.10. The van der Waals surface area contributed by atoms with Crippen molar-refractivity contribution in [3.63, 3.8) is 0 Å². The van der Waals surface area contributed by atoms with Crippen LogP contribution in [0.3, 0.4) is 0 Å². The standard InChI is InChI=1S/C18H20N2O2S/c21-17(8-10-19-18(22)14-9-11-23-12-14)20-16-7-3-5-13-4-1-2-6-15(13)16/h3,5,7,9,11-12H,1-2,4,6,8,10H2,(H,19,22)(H,20,21). The lowest BCUT2D eigenvalue weighted by molar-refractivity contribution is -0.116. The van der Waals surface area contributed by atoms with Crippen molar-refractivity contribution in [1.82, 2.24) is 5.32 Å². The van der Waals surface area contributed by atoms with Crippen molar-refractivity contribution in [2.24, 2.45) is 0 Å². The van der Waals surface area contributed by atoms with Gasteiger partial charge in [-0.25, -0.2) is 0 Å². The summed E-state index contributed by atoms with van der Waals surface area (Å²) in [5.74, 6) is -0.189. The molecule has 0 bridgehead atoms. The van der Waals surface area contributed by atoms with Gasteiger partial charge in [0.05, 0.1) is 0 Å².